The summed E-state index contributed by atoms with van der Waals surface area (Å²) in [7, 11) is 7.57. The second-order valence-corrected chi connectivity index (χ2v) is 7.67. The van der Waals surface area contributed by atoms with E-state index in [0.717, 1.165) is 5.56 Å². The quantitative estimate of drug-likeness (QED) is 0.650. The van der Waals surface area contributed by atoms with E-state index in [4.69, 9.17) is 23.7 Å². The van der Waals surface area contributed by atoms with Crippen molar-refractivity contribution in [3.63, 3.8) is 0 Å². The fraction of sp³-hybridized carbons (Fsp3) is 0.522. The van der Waals surface area contributed by atoms with Crippen molar-refractivity contribution in [1.29, 1.82) is 0 Å². The van der Waals surface area contributed by atoms with E-state index in [1.807, 2.05) is 6.92 Å². The predicted octanol–water partition coefficient (Wildman–Crippen LogP) is 2.66. The molecule has 7 heteroatoms. The molecule has 1 saturated carbocycles. The first kappa shape index (κ1) is 22.3. The molecule has 0 aliphatic heterocycles. The molecule has 0 aromatic heterocycles. The van der Waals surface area contributed by atoms with Crippen molar-refractivity contribution in [2.45, 2.75) is 36.6 Å². The number of methoxy groups -OCH3 is 5. The van der Waals surface area contributed by atoms with Crippen LogP contribution in [0.25, 0.3) is 0 Å². The fourth-order valence-electron chi connectivity index (χ4n) is 5.26. The molecule has 0 saturated heterocycles. The highest BCUT2D eigenvalue weighted by molar-refractivity contribution is 6.06. The number of ketones is 1. The molecular formula is C23H30O7. The van der Waals surface area contributed by atoms with Crippen molar-refractivity contribution in [2.24, 2.45) is 5.92 Å². The summed E-state index contributed by atoms with van der Waals surface area (Å²) >= 11 is 0. The van der Waals surface area contributed by atoms with E-state index in [1.54, 1.807) is 24.3 Å². The van der Waals surface area contributed by atoms with Gasteiger partial charge in [-0.05, 0) is 30.2 Å². The molecule has 7 nitrogen and oxygen atoms in total. The Kier molecular flexibility index (Phi) is 6.00. The largest absolute Gasteiger partial charge is 0.493 e. The number of aliphatic hydroxyl groups excluding tert-OH is 1. The van der Waals surface area contributed by atoms with Gasteiger partial charge < -0.3 is 28.8 Å². The first-order valence-corrected chi connectivity index (χ1v) is 9.78. The summed E-state index contributed by atoms with van der Waals surface area (Å²) in [6.07, 6.45) is 2.56. The molecule has 30 heavy (non-hydrogen) atoms. The minimum absolute atomic E-state index is 0.270. The zero-order chi connectivity index (χ0) is 22.3. The van der Waals surface area contributed by atoms with Gasteiger partial charge in [-0.15, -0.1) is 6.58 Å². The summed E-state index contributed by atoms with van der Waals surface area (Å²) in [5.41, 5.74) is -1.38. The lowest BCUT2D eigenvalue weighted by molar-refractivity contribution is -0.169. The van der Waals surface area contributed by atoms with Gasteiger partial charge in [-0.1, -0.05) is 13.0 Å². The number of hydrogen-bond acceptors (Lipinski definition) is 7. The molecule has 0 amide bonds. The molecule has 2 bridgehead atoms. The topological polar surface area (TPSA) is 83.5 Å². The van der Waals surface area contributed by atoms with E-state index in [0.29, 0.717) is 29.2 Å². The number of benzene rings is 1. The van der Waals surface area contributed by atoms with Gasteiger partial charge in [-0.2, -0.15) is 0 Å². The van der Waals surface area contributed by atoms with Gasteiger partial charge in [-0.25, -0.2) is 0 Å². The molecule has 5 atom stereocenters. The van der Waals surface area contributed by atoms with Gasteiger partial charge in [0.15, 0.2) is 22.9 Å². The van der Waals surface area contributed by atoms with Crippen LogP contribution in [-0.2, 0) is 14.3 Å². The van der Waals surface area contributed by atoms with E-state index in [2.05, 4.69) is 6.58 Å². The molecule has 1 aromatic carbocycles. The van der Waals surface area contributed by atoms with Crippen molar-refractivity contribution in [1.82, 2.24) is 0 Å². The minimum atomic E-state index is -1.52. The van der Waals surface area contributed by atoms with Crippen LogP contribution in [0.3, 0.4) is 0 Å². The first-order valence-electron chi connectivity index (χ1n) is 9.78. The second kappa shape index (κ2) is 8.06. The normalized spacial score (nSPS) is 32.6. The summed E-state index contributed by atoms with van der Waals surface area (Å²) in [4.78, 5) is 13.6. The Balaban J connectivity index is 2.29. The molecule has 0 radical (unpaired) electrons. The van der Waals surface area contributed by atoms with Crippen LogP contribution in [0.4, 0.5) is 0 Å². The number of carbonyl (C=O) groups is 1. The lowest BCUT2D eigenvalue weighted by Crippen LogP contribution is -2.60. The predicted molar refractivity (Wildman–Crippen MR) is 111 cm³/mol. The van der Waals surface area contributed by atoms with Crippen LogP contribution in [0, 0.1) is 5.92 Å². The van der Waals surface area contributed by atoms with E-state index >= 15 is 0 Å². The van der Waals surface area contributed by atoms with E-state index < -0.39 is 23.2 Å². The number of fused-ring (bicyclic) bond motifs is 2. The molecule has 0 unspecified atom stereocenters. The summed E-state index contributed by atoms with van der Waals surface area (Å²) in [6.45, 7) is 5.70. The van der Waals surface area contributed by atoms with Crippen molar-refractivity contribution >= 4 is 5.78 Å². The van der Waals surface area contributed by atoms with Crippen molar-refractivity contribution in [3.05, 3.63) is 42.0 Å². The molecule has 1 fully saturated rings. The maximum atomic E-state index is 13.6. The van der Waals surface area contributed by atoms with E-state index in [9.17, 15) is 9.90 Å². The van der Waals surface area contributed by atoms with E-state index in [-0.39, 0.29) is 11.7 Å². The molecule has 3 rings (SSSR count). The molecule has 0 heterocycles. The third-order valence-corrected chi connectivity index (χ3v) is 6.66. The Labute approximate surface area is 177 Å². The summed E-state index contributed by atoms with van der Waals surface area (Å²) < 4.78 is 28.2. The average molecular weight is 418 g/mol. The summed E-state index contributed by atoms with van der Waals surface area (Å²) in [5.74, 6) is 0.262. The zero-order valence-electron chi connectivity index (χ0n) is 18.4. The molecule has 0 spiro atoms. The summed E-state index contributed by atoms with van der Waals surface area (Å²) in [5, 5.41) is 11.4. The van der Waals surface area contributed by atoms with Crippen LogP contribution in [0.2, 0.25) is 0 Å². The number of aliphatic hydroxyl groups is 1. The number of carbonyl (C=O) groups excluding carboxylic acids is 1. The SMILES string of the molecule is C=CCC1=C[C@]2(OC)[C@@H](O)[C@@](OC)(C1=O)[C@@H](c1cc(OC)c(OC)c(OC)c1)[C@@H]2C. The minimum Gasteiger partial charge on any atom is -0.493 e. The Hall–Kier alpha value is -2.35. The highest BCUT2D eigenvalue weighted by Crippen LogP contribution is 2.60. The van der Waals surface area contributed by atoms with Gasteiger partial charge in [0, 0.05) is 31.6 Å². The van der Waals surface area contributed by atoms with Crippen LogP contribution < -0.4 is 14.2 Å². The number of ether oxygens (including phenoxy) is 5. The van der Waals surface area contributed by atoms with Gasteiger partial charge in [-0.3, -0.25) is 4.79 Å². The highest BCUT2D eigenvalue weighted by Gasteiger charge is 2.72. The molecule has 2 aliphatic carbocycles. The smallest absolute Gasteiger partial charge is 0.203 e. The van der Waals surface area contributed by atoms with E-state index in [1.165, 1.54) is 35.5 Å². The Bertz CT molecular complexity index is 851. The Morgan fingerprint density at radius 2 is 1.67 bits per heavy atom. The third kappa shape index (κ3) is 2.72. The van der Waals surface area contributed by atoms with Gasteiger partial charge >= 0.3 is 0 Å². The molecule has 1 aromatic rings. The fourth-order valence-corrected chi connectivity index (χ4v) is 5.26. The maximum absolute atomic E-state index is 13.6. The number of hydrogen-bond donors (Lipinski definition) is 1. The molecular weight excluding hydrogens is 388 g/mol. The number of Topliss-reactive ketones (excluding diaryl/α,β-unsaturated/α-hetero) is 1. The van der Waals surface area contributed by atoms with Gasteiger partial charge in [0.2, 0.25) is 5.75 Å². The standard InChI is InChI=1S/C23H30O7/c1-8-9-14-12-22(29-6)13(2)18(23(30-7,20(14)24)21(22)25)15-10-16(26-3)19(28-5)17(11-15)27-4/h8,10-13,18,21,25H,1,9H2,2-7H3/t13-,18+,21+,22+,23-/m0/s1. The van der Waals surface area contributed by atoms with Crippen LogP contribution in [0.15, 0.2) is 36.4 Å². The Morgan fingerprint density at radius 1 is 1.07 bits per heavy atom. The van der Waals surface area contributed by atoms with Crippen LogP contribution in [0.1, 0.15) is 24.8 Å². The van der Waals surface area contributed by atoms with Crippen LogP contribution in [0.5, 0.6) is 17.2 Å². The molecule has 1 N–H and O–H groups in total. The molecule has 164 valence electrons. The summed E-state index contributed by atoms with van der Waals surface area (Å²) in [6, 6.07) is 3.58. The first-order chi connectivity index (χ1) is 14.3. The van der Waals surface area contributed by atoms with Gasteiger partial charge in [0.1, 0.15) is 11.7 Å². The van der Waals surface area contributed by atoms with Crippen molar-refractivity contribution in [3.8, 4) is 17.2 Å². The number of allylic oxidation sites excluding steroid dienone is 1. The maximum Gasteiger partial charge on any atom is 0.203 e. The third-order valence-electron chi connectivity index (χ3n) is 6.66. The number of rotatable bonds is 8. The second-order valence-electron chi connectivity index (χ2n) is 7.67. The van der Waals surface area contributed by atoms with Gasteiger partial charge in [0.25, 0.3) is 0 Å². The highest BCUT2D eigenvalue weighted by atomic mass is 16.5. The van der Waals surface area contributed by atoms with Crippen LogP contribution in [-0.4, -0.2) is 63.7 Å². The van der Waals surface area contributed by atoms with Gasteiger partial charge in [0.05, 0.1) is 21.3 Å². The lowest BCUT2D eigenvalue weighted by atomic mass is 9.74. The Morgan fingerprint density at radius 3 is 2.10 bits per heavy atom. The monoisotopic (exact) mass is 418 g/mol. The average Bonchev–Trinajstić information content (AvgIpc) is 2.90. The lowest BCUT2D eigenvalue weighted by Gasteiger charge is -2.41. The zero-order valence-corrected chi connectivity index (χ0v) is 18.4. The van der Waals surface area contributed by atoms with Crippen molar-refractivity contribution in [2.75, 3.05) is 35.5 Å². The van der Waals surface area contributed by atoms with Crippen LogP contribution >= 0.6 is 0 Å². The molecule has 2 aliphatic rings. The van der Waals surface area contributed by atoms with Crippen molar-refractivity contribution < 1.29 is 33.6 Å².